The summed E-state index contributed by atoms with van der Waals surface area (Å²) in [6.07, 6.45) is 1.58. The molecule has 150 valence electrons. The molecule has 2 aromatic rings. The Morgan fingerprint density at radius 2 is 1.71 bits per heavy atom. The van der Waals surface area contributed by atoms with E-state index >= 15 is 0 Å². The number of likely N-dealkylation sites (tertiary alicyclic amines) is 1. The summed E-state index contributed by atoms with van der Waals surface area (Å²) in [6, 6.07) is 9.62. The van der Waals surface area contributed by atoms with Crippen LogP contribution >= 0.6 is 11.6 Å². The molecule has 1 aliphatic rings. The Balaban J connectivity index is 1.68. The quantitative estimate of drug-likeness (QED) is 0.837. The van der Waals surface area contributed by atoms with Crippen LogP contribution in [0.2, 0.25) is 5.02 Å². The van der Waals surface area contributed by atoms with Gasteiger partial charge in [-0.1, -0.05) is 25.4 Å². The molecule has 1 aromatic carbocycles. The van der Waals surface area contributed by atoms with Gasteiger partial charge in [-0.2, -0.15) is 0 Å². The van der Waals surface area contributed by atoms with Gasteiger partial charge in [-0.05, 0) is 57.0 Å². The molecular weight excluding hydrogens is 374 g/mol. The number of benzene rings is 1. The van der Waals surface area contributed by atoms with E-state index in [2.05, 4.69) is 9.88 Å². The molecule has 2 amide bonds. The van der Waals surface area contributed by atoms with Gasteiger partial charge in [-0.3, -0.25) is 9.59 Å². The first kappa shape index (κ1) is 20.5. The van der Waals surface area contributed by atoms with Gasteiger partial charge in [0.15, 0.2) is 0 Å². The Labute approximate surface area is 171 Å². The molecule has 0 radical (unpaired) electrons. The Kier molecular flexibility index (Phi) is 6.14. The summed E-state index contributed by atoms with van der Waals surface area (Å²) >= 11 is 5.99. The average Bonchev–Trinajstić information content (AvgIpc) is 2.97. The molecule has 1 N–H and O–H groups in total. The number of nitrogens with one attached hydrogen (secondary N) is 1. The van der Waals surface area contributed by atoms with Gasteiger partial charge >= 0.3 is 0 Å². The summed E-state index contributed by atoms with van der Waals surface area (Å²) in [5, 5.41) is 3.84. The Morgan fingerprint density at radius 1 is 1.11 bits per heavy atom. The number of hydrogen-bond donors (Lipinski definition) is 1. The van der Waals surface area contributed by atoms with Crippen molar-refractivity contribution in [2.45, 2.75) is 46.6 Å². The highest BCUT2D eigenvalue weighted by Gasteiger charge is 2.26. The molecule has 28 heavy (non-hydrogen) atoms. The van der Waals surface area contributed by atoms with Gasteiger partial charge in [-0.15, -0.1) is 0 Å². The van der Waals surface area contributed by atoms with Crippen LogP contribution in [-0.4, -0.2) is 40.4 Å². The second-order valence-electron chi connectivity index (χ2n) is 7.82. The maximum Gasteiger partial charge on any atom is 0.253 e. The number of rotatable bonds is 4. The minimum absolute atomic E-state index is 0.0180. The van der Waals surface area contributed by atoms with Crippen LogP contribution in [0.3, 0.4) is 0 Å². The standard InChI is InChI=1S/C22H28ClN3O2/c1-14(2)22(28)25-11-9-18(10-12-25)24-21(27)20-13-15(3)26(16(20)4)19-7-5-17(23)6-8-19/h5-8,13-14,18H,9-12H2,1-4H3,(H,24,27). The molecule has 5 nitrogen and oxygen atoms in total. The molecule has 1 aromatic heterocycles. The van der Waals surface area contributed by atoms with Gasteiger partial charge in [0.1, 0.15) is 0 Å². The van der Waals surface area contributed by atoms with Crippen molar-refractivity contribution in [3.63, 3.8) is 0 Å². The number of aryl methyl sites for hydroxylation is 1. The topological polar surface area (TPSA) is 54.3 Å². The predicted octanol–water partition coefficient (Wildman–Crippen LogP) is 4.12. The van der Waals surface area contributed by atoms with E-state index in [9.17, 15) is 9.59 Å². The monoisotopic (exact) mass is 401 g/mol. The molecular formula is C22H28ClN3O2. The third kappa shape index (κ3) is 4.25. The number of halogens is 1. The highest BCUT2D eigenvalue weighted by molar-refractivity contribution is 6.30. The molecule has 1 fully saturated rings. The van der Waals surface area contributed by atoms with Crippen LogP contribution in [0.25, 0.3) is 5.69 Å². The summed E-state index contributed by atoms with van der Waals surface area (Å²) in [5.74, 6) is 0.155. The normalized spacial score (nSPS) is 15.1. The van der Waals surface area contributed by atoms with Gasteiger partial charge in [0.25, 0.3) is 5.91 Å². The van der Waals surface area contributed by atoms with Crippen molar-refractivity contribution in [3.05, 3.63) is 52.3 Å². The third-order valence-electron chi connectivity index (χ3n) is 5.40. The molecule has 2 heterocycles. The molecule has 0 aliphatic carbocycles. The maximum absolute atomic E-state index is 12.9. The van der Waals surface area contributed by atoms with E-state index in [0.717, 1.165) is 29.9 Å². The molecule has 0 bridgehead atoms. The molecule has 0 atom stereocenters. The van der Waals surface area contributed by atoms with E-state index in [1.54, 1.807) is 0 Å². The number of nitrogens with zero attached hydrogens (tertiary/aromatic N) is 2. The van der Waals surface area contributed by atoms with Crippen LogP contribution in [0.15, 0.2) is 30.3 Å². The van der Waals surface area contributed by atoms with Crippen molar-refractivity contribution in [1.82, 2.24) is 14.8 Å². The summed E-state index contributed by atoms with van der Waals surface area (Å²) in [4.78, 5) is 26.9. The SMILES string of the molecule is Cc1cc(C(=O)NC2CCN(C(=O)C(C)C)CC2)c(C)n1-c1ccc(Cl)cc1. The highest BCUT2D eigenvalue weighted by atomic mass is 35.5. The summed E-state index contributed by atoms with van der Waals surface area (Å²) in [6.45, 7) is 9.20. The van der Waals surface area contributed by atoms with E-state index in [0.29, 0.717) is 23.7 Å². The van der Waals surface area contributed by atoms with Gasteiger partial charge in [0, 0.05) is 47.1 Å². The molecule has 0 unspecified atom stereocenters. The zero-order valence-corrected chi connectivity index (χ0v) is 17.7. The Bertz CT molecular complexity index is 863. The zero-order chi connectivity index (χ0) is 20.4. The van der Waals surface area contributed by atoms with E-state index in [1.165, 1.54) is 0 Å². The predicted molar refractivity (Wildman–Crippen MR) is 112 cm³/mol. The fourth-order valence-electron chi connectivity index (χ4n) is 3.85. The Morgan fingerprint density at radius 3 is 2.29 bits per heavy atom. The zero-order valence-electron chi connectivity index (χ0n) is 17.0. The fourth-order valence-corrected chi connectivity index (χ4v) is 3.98. The van der Waals surface area contributed by atoms with Crippen molar-refractivity contribution in [1.29, 1.82) is 0 Å². The maximum atomic E-state index is 12.9. The number of carbonyl (C=O) groups is 2. The fraction of sp³-hybridized carbons (Fsp3) is 0.455. The average molecular weight is 402 g/mol. The second kappa shape index (κ2) is 8.39. The van der Waals surface area contributed by atoms with Crippen LogP contribution in [0.5, 0.6) is 0 Å². The molecule has 6 heteroatoms. The largest absolute Gasteiger partial charge is 0.349 e. The molecule has 3 rings (SSSR count). The van der Waals surface area contributed by atoms with E-state index < -0.39 is 0 Å². The Hall–Kier alpha value is -2.27. The molecule has 0 saturated carbocycles. The van der Waals surface area contributed by atoms with Crippen LogP contribution in [0.4, 0.5) is 0 Å². The minimum atomic E-state index is -0.0538. The van der Waals surface area contributed by atoms with Crippen LogP contribution in [0.1, 0.15) is 48.4 Å². The number of aromatic nitrogens is 1. The van der Waals surface area contributed by atoms with Gasteiger partial charge in [-0.25, -0.2) is 0 Å². The number of carbonyl (C=O) groups excluding carboxylic acids is 2. The lowest BCUT2D eigenvalue weighted by molar-refractivity contribution is -0.135. The first-order chi connectivity index (χ1) is 13.3. The summed E-state index contributed by atoms with van der Waals surface area (Å²) in [7, 11) is 0. The summed E-state index contributed by atoms with van der Waals surface area (Å²) < 4.78 is 2.06. The molecule has 0 spiro atoms. The van der Waals surface area contributed by atoms with Gasteiger partial charge in [0.05, 0.1) is 5.56 Å². The van der Waals surface area contributed by atoms with Crippen LogP contribution in [0, 0.1) is 19.8 Å². The summed E-state index contributed by atoms with van der Waals surface area (Å²) in [5.41, 5.74) is 3.58. The van der Waals surface area contributed by atoms with Gasteiger partial charge < -0.3 is 14.8 Å². The highest BCUT2D eigenvalue weighted by Crippen LogP contribution is 2.23. The van der Waals surface area contributed by atoms with E-state index in [-0.39, 0.29) is 23.8 Å². The lowest BCUT2D eigenvalue weighted by Gasteiger charge is -2.33. The first-order valence-corrected chi connectivity index (χ1v) is 10.2. The minimum Gasteiger partial charge on any atom is -0.349 e. The lowest BCUT2D eigenvalue weighted by Crippen LogP contribution is -2.47. The lowest BCUT2D eigenvalue weighted by atomic mass is 10.0. The second-order valence-corrected chi connectivity index (χ2v) is 8.26. The van der Waals surface area contributed by atoms with Crippen molar-refractivity contribution in [2.24, 2.45) is 5.92 Å². The van der Waals surface area contributed by atoms with E-state index in [1.807, 2.05) is 62.9 Å². The van der Waals surface area contributed by atoms with Gasteiger partial charge in [0.2, 0.25) is 5.91 Å². The van der Waals surface area contributed by atoms with Crippen LogP contribution < -0.4 is 5.32 Å². The van der Waals surface area contributed by atoms with E-state index in [4.69, 9.17) is 11.6 Å². The molecule has 1 saturated heterocycles. The van der Waals surface area contributed by atoms with Crippen molar-refractivity contribution in [3.8, 4) is 5.69 Å². The number of piperidine rings is 1. The molecule has 1 aliphatic heterocycles. The number of hydrogen-bond acceptors (Lipinski definition) is 2. The van der Waals surface area contributed by atoms with Crippen molar-refractivity contribution in [2.75, 3.05) is 13.1 Å². The third-order valence-corrected chi connectivity index (χ3v) is 5.65. The van der Waals surface area contributed by atoms with Crippen molar-refractivity contribution >= 4 is 23.4 Å². The first-order valence-electron chi connectivity index (χ1n) is 9.82. The van der Waals surface area contributed by atoms with Crippen molar-refractivity contribution < 1.29 is 9.59 Å². The van der Waals surface area contributed by atoms with Crippen LogP contribution in [-0.2, 0) is 4.79 Å². The smallest absolute Gasteiger partial charge is 0.253 e. The number of amides is 2.